The Bertz CT molecular complexity index is 8680. The average molecular weight is 1810 g/mol. The van der Waals surface area contributed by atoms with E-state index in [4.69, 9.17) is 29.2 Å². The van der Waals surface area contributed by atoms with Gasteiger partial charge in [0, 0.05) is 143 Å². The number of benzene rings is 12. The van der Waals surface area contributed by atoms with Crippen molar-refractivity contribution >= 4 is 180 Å². The van der Waals surface area contributed by atoms with Crippen LogP contribution < -0.4 is 14.2 Å². The quantitative estimate of drug-likeness (QED) is 0.102. The SMILES string of the molecule is [Pd+2].[Pd+2].[Pd+2].[c-]1c(-n2c3ccccc3c3cccnc32)ccc2c3ccccc3n(-c3[c-]c4c(cc3)c3cccc5c6cccnc6n4c35)c12.[c-]1c(Oc2[c-]c3c(cc2)c2cccc4c5cccnc5n3c24)cccc1Oc1ccccn1.[c-]1c(Oc2ccccn2)ccc2c3ccccc3n(-c3[c-]c4c(cc3)c3cccc5c6cccnc6n4c35)c12. The van der Waals surface area contributed by atoms with Crippen LogP contribution in [0.4, 0.5) is 0 Å². The molecule has 15 heterocycles. The van der Waals surface area contributed by atoms with E-state index in [1.54, 1.807) is 18.5 Å². The monoisotopic (exact) mass is 1810 g/mol. The molecule has 0 spiro atoms. The number of hydrogen-bond acceptors (Lipinski definition) is 9. The van der Waals surface area contributed by atoms with E-state index in [1.165, 1.54) is 59.5 Å². The number of pyridine rings is 6. The van der Waals surface area contributed by atoms with E-state index >= 15 is 0 Å². The summed E-state index contributed by atoms with van der Waals surface area (Å²) in [4.78, 5) is 27.6. The van der Waals surface area contributed by atoms with E-state index in [1.807, 2.05) is 110 Å². The van der Waals surface area contributed by atoms with E-state index in [0.717, 1.165) is 138 Å². The van der Waals surface area contributed by atoms with Crippen LogP contribution in [0.2, 0.25) is 0 Å². The van der Waals surface area contributed by atoms with Gasteiger partial charge in [0.15, 0.2) is 0 Å². The summed E-state index contributed by atoms with van der Waals surface area (Å²) in [6.45, 7) is 0. The van der Waals surface area contributed by atoms with Gasteiger partial charge < -0.3 is 41.1 Å². The van der Waals surface area contributed by atoms with Crippen molar-refractivity contribution < 1.29 is 75.5 Å². The zero-order chi connectivity index (χ0) is 76.5. The summed E-state index contributed by atoms with van der Waals surface area (Å²) in [5, 5.41) is 21.0. The van der Waals surface area contributed by atoms with Gasteiger partial charge in [-0.15, -0.1) is 99.7 Å². The Hall–Kier alpha value is -14.3. The molecule has 0 radical (unpaired) electrons. The average Bonchev–Trinajstić information content (AvgIpc) is 1.58. The molecule has 0 bridgehead atoms. The molecule has 0 saturated carbocycles. The second-order valence-electron chi connectivity index (χ2n) is 29.2. The molecule has 27 aromatic rings. The van der Waals surface area contributed by atoms with Crippen LogP contribution in [0.3, 0.4) is 0 Å². The first-order chi connectivity index (χ1) is 58.0. The van der Waals surface area contributed by atoms with Gasteiger partial charge in [0.2, 0.25) is 11.8 Å². The van der Waals surface area contributed by atoms with Crippen molar-refractivity contribution in [2.24, 2.45) is 0 Å². The van der Waals surface area contributed by atoms with Crippen LogP contribution >= 0.6 is 0 Å². The molecule has 18 heteroatoms. The maximum absolute atomic E-state index is 6.12. The smallest absolute Gasteiger partial charge is 0.509 e. The largest absolute Gasteiger partial charge is 2.00 e. The van der Waals surface area contributed by atoms with E-state index in [-0.39, 0.29) is 61.3 Å². The van der Waals surface area contributed by atoms with Gasteiger partial charge in [-0.2, -0.15) is 36.4 Å². The molecular formula is C102H54N12O3Pd3. The zero-order valence-corrected chi connectivity index (χ0v) is 67.4. The first-order valence-electron chi connectivity index (χ1n) is 38.6. The summed E-state index contributed by atoms with van der Waals surface area (Å²) in [5.74, 6) is 3.31. The van der Waals surface area contributed by atoms with Crippen molar-refractivity contribution in [3.8, 4) is 51.8 Å². The predicted molar refractivity (Wildman–Crippen MR) is 466 cm³/mol. The predicted octanol–water partition coefficient (Wildman–Crippen LogP) is 24.3. The maximum Gasteiger partial charge on any atom is 2.00 e. The van der Waals surface area contributed by atoms with Crippen LogP contribution in [-0.2, 0) is 61.3 Å². The third-order valence-electron chi connectivity index (χ3n) is 22.9. The second-order valence-corrected chi connectivity index (χ2v) is 29.2. The molecule has 0 unspecified atom stereocenters. The molecule has 12 aromatic carbocycles. The Kier molecular flexibility index (Phi) is 17.2. The molecule has 0 N–H and O–H groups in total. The molecule has 15 aromatic heterocycles. The Balaban J connectivity index is 0.000000108. The molecule has 0 atom stereocenters. The molecule has 0 aliphatic rings. The molecule has 0 saturated heterocycles. The van der Waals surface area contributed by atoms with Gasteiger partial charge in [-0.05, 0) is 106 Å². The molecule has 120 heavy (non-hydrogen) atoms. The van der Waals surface area contributed by atoms with Crippen LogP contribution in [0.25, 0.3) is 197 Å². The Morgan fingerprint density at radius 1 is 0.192 bits per heavy atom. The normalized spacial score (nSPS) is 11.8. The van der Waals surface area contributed by atoms with Gasteiger partial charge >= 0.3 is 61.3 Å². The minimum atomic E-state index is 0. The van der Waals surface area contributed by atoms with Crippen LogP contribution in [0, 0.1) is 36.4 Å². The minimum Gasteiger partial charge on any atom is -0.509 e. The number of rotatable bonds is 9. The first-order valence-corrected chi connectivity index (χ1v) is 38.6. The Morgan fingerprint density at radius 3 is 0.933 bits per heavy atom. The number of para-hydroxylation sites is 6. The van der Waals surface area contributed by atoms with Crippen molar-refractivity contribution in [3.05, 3.63) is 365 Å². The molecule has 15 nitrogen and oxygen atoms in total. The van der Waals surface area contributed by atoms with Crippen LogP contribution in [-0.4, -0.2) is 56.8 Å². The van der Waals surface area contributed by atoms with E-state index in [0.29, 0.717) is 34.8 Å². The zero-order valence-electron chi connectivity index (χ0n) is 62.7. The summed E-state index contributed by atoms with van der Waals surface area (Å²) in [7, 11) is 0. The fourth-order valence-electron chi connectivity index (χ4n) is 18.1. The topological polar surface area (TPSA) is 133 Å². The van der Waals surface area contributed by atoms with Crippen molar-refractivity contribution in [1.29, 1.82) is 0 Å². The molecule has 0 amide bonds. The van der Waals surface area contributed by atoms with Crippen molar-refractivity contribution in [1.82, 2.24) is 56.8 Å². The van der Waals surface area contributed by atoms with Crippen LogP contribution in [0.5, 0.6) is 34.8 Å². The van der Waals surface area contributed by atoms with Gasteiger partial charge in [0.05, 0.1) is 5.52 Å². The van der Waals surface area contributed by atoms with Gasteiger partial charge in [-0.1, -0.05) is 172 Å². The minimum absolute atomic E-state index is 0. The number of ether oxygens (including phenoxy) is 3. The fourth-order valence-corrected chi connectivity index (χ4v) is 18.1. The van der Waals surface area contributed by atoms with Crippen LogP contribution in [0.15, 0.2) is 328 Å². The van der Waals surface area contributed by atoms with Crippen molar-refractivity contribution in [2.75, 3.05) is 0 Å². The molecule has 0 fully saturated rings. The molecular weight excluding hydrogens is 1760 g/mol. The standard InChI is InChI=1S/C40H21N5.C34H18N4O.C28H15N3O2.3Pd/c1-3-14-34-26(8-1)28-18-17-25(44-35-15-4-2-9-27(35)32-12-6-20-41-39(32)44)23-36(28)43(34)24-16-19-29-30-10-5-11-31-33-13-7-21-42-40(33)45(38(30)31)37(29)22-24;1-2-11-29-23(7-1)24-16-14-22(39-32-12-3-4-17-35-32)20-31(24)37(29)21-13-15-25-26-8-5-9-27-28-10-6-18-36-34(28)38(33(26)27)30(25)19-21;1-2-14-29-26(11-1)33-19-7-3-6-18(16-19)32-20-12-13-21-22-8-4-9-23-24-10-5-15-30-28(24)31(27(22)23)25(21)17-20;;;/h1-21H;1-18H;1-15H;;;/q3*-2;3*+2. The van der Waals surface area contributed by atoms with E-state index < -0.39 is 0 Å². The number of fused-ring (bicyclic) bond motifs is 27. The van der Waals surface area contributed by atoms with Gasteiger partial charge in [0.1, 0.15) is 22.6 Å². The van der Waals surface area contributed by atoms with Crippen molar-refractivity contribution in [2.45, 2.75) is 0 Å². The number of aromatic nitrogens is 12. The van der Waals surface area contributed by atoms with Gasteiger partial charge in [-0.3, -0.25) is 0 Å². The van der Waals surface area contributed by atoms with Crippen LogP contribution in [0.1, 0.15) is 0 Å². The Labute approximate surface area is 723 Å². The maximum atomic E-state index is 6.12. The molecule has 0 aliphatic heterocycles. The van der Waals surface area contributed by atoms with Crippen molar-refractivity contribution in [3.63, 3.8) is 0 Å². The summed E-state index contributed by atoms with van der Waals surface area (Å²) >= 11 is 0. The molecule has 570 valence electrons. The fraction of sp³-hybridized carbons (Fsp3) is 0. The Morgan fingerprint density at radius 2 is 0.483 bits per heavy atom. The summed E-state index contributed by atoms with van der Waals surface area (Å²) in [5.41, 5.74) is 18.4. The molecule has 27 rings (SSSR count). The first kappa shape index (κ1) is 72.2. The van der Waals surface area contributed by atoms with E-state index in [2.05, 4.69) is 278 Å². The summed E-state index contributed by atoms with van der Waals surface area (Å²) in [6, 6.07) is 121. The molecule has 0 aliphatic carbocycles. The van der Waals surface area contributed by atoms with Gasteiger partial charge in [0.25, 0.3) is 0 Å². The summed E-state index contributed by atoms with van der Waals surface area (Å²) in [6.07, 6.45) is 10.8. The summed E-state index contributed by atoms with van der Waals surface area (Å²) < 4.78 is 31.4. The second kappa shape index (κ2) is 28.5. The van der Waals surface area contributed by atoms with E-state index in [9.17, 15) is 0 Å². The number of nitrogens with zero attached hydrogens (tertiary/aromatic N) is 12. The number of hydrogen-bond donors (Lipinski definition) is 0. The van der Waals surface area contributed by atoms with Gasteiger partial charge in [-0.25, -0.2) is 29.9 Å². The third kappa shape index (κ3) is 11.0. The third-order valence-corrected chi connectivity index (χ3v) is 22.9.